The third-order valence-electron chi connectivity index (χ3n) is 4.58. The van der Waals surface area contributed by atoms with Crippen molar-refractivity contribution in [2.75, 3.05) is 0 Å². The highest BCUT2D eigenvalue weighted by molar-refractivity contribution is 5.49. The molecule has 0 saturated carbocycles. The molecule has 0 unspecified atom stereocenters. The van der Waals surface area contributed by atoms with Crippen molar-refractivity contribution in [3.05, 3.63) is 18.2 Å². The maximum Gasteiger partial charge on any atom is 0.200 e. The molecule has 0 heterocycles. The lowest BCUT2D eigenvalue weighted by Gasteiger charge is -2.33. The standard InChI is InChI=1S/C19H32O3/c1-4-7-8-9-10-11-15-19(5-2,6-3)22-17-14-12-13-16(20)18(17)21/h12-14,20-21H,4-11,15H2,1-3H3. The van der Waals surface area contributed by atoms with Crippen LogP contribution in [0.4, 0.5) is 0 Å². The molecule has 0 aliphatic carbocycles. The number of hydrogen-bond acceptors (Lipinski definition) is 3. The van der Waals surface area contributed by atoms with Gasteiger partial charge in [-0.2, -0.15) is 0 Å². The second kappa shape index (κ2) is 9.60. The number of benzene rings is 1. The van der Waals surface area contributed by atoms with Crippen molar-refractivity contribution in [2.45, 2.75) is 84.2 Å². The van der Waals surface area contributed by atoms with Crippen LogP contribution >= 0.6 is 0 Å². The Balaban J connectivity index is 2.60. The van der Waals surface area contributed by atoms with E-state index in [-0.39, 0.29) is 17.1 Å². The van der Waals surface area contributed by atoms with Crippen molar-refractivity contribution in [3.8, 4) is 17.2 Å². The maximum absolute atomic E-state index is 9.95. The van der Waals surface area contributed by atoms with Gasteiger partial charge >= 0.3 is 0 Å². The van der Waals surface area contributed by atoms with E-state index in [4.69, 9.17) is 4.74 Å². The number of unbranched alkanes of at least 4 members (excludes halogenated alkanes) is 5. The monoisotopic (exact) mass is 308 g/mol. The first-order valence-electron chi connectivity index (χ1n) is 8.78. The minimum Gasteiger partial charge on any atom is -0.504 e. The normalized spacial score (nSPS) is 11.6. The molecule has 1 rings (SSSR count). The van der Waals surface area contributed by atoms with Crippen LogP contribution < -0.4 is 4.74 Å². The average Bonchev–Trinajstić information content (AvgIpc) is 2.54. The number of ether oxygens (including phenoxy) is 1. The predicted octanol–water partition coefficient (Wildman–Crippen LogP) is 5.79. The molecule has 0 atom stereocenters. The van der Waals surface area contributed by atoms with Crippen LogP contribution in [0.25, 0.3) is 0 Å². The molecule has 0 aromatic heterocycles. The molecule has 126 valence electrons. The highest BCUT2D eigenvalue weighted by atomic mass is 16.5. The van der Waals surface area contributed by atoms with Gasteiger partial charge in [-0.1, -0.05) is 58.9 Å². The van der Waals surface area contributed by atoms with Crippen LogP contribution in [-0.2, 0) is 0 Å². The van der Waals surface area contributed by atoms with Gasteiger partial charge in [-0.25, -0.2) is 0 Å². The molecule has 3 nitrogen and oxygen atoms in total. The molecule has 1 aromatic rings. The van der Waals surface area contributed by atoms with Crippen molar-refractivity contribution in [2.24, 2.45) is 0 Å². The largest absolute Gasteiger partial charge is 0.504 e. The third kappa shape index (κ3) is 5.43. The maximum atomic E-state index is 9.95. The van der Waals surface area contributed by atoms with Gasteiger partial charge in [0.1, 0.15) is 5.60 Å². The third-order valence-corrected chi connectivity index (χ3v) is 4.58. The zero-order valence-corrected chi connectivity index (χ0v) is 14.4. The van der Waals surface area contributed by atoms with Crippen LogP contribution in [0.1, 0.15) is 78.6 Å². The zero-order chi connectivity index (χ0) is 16.4. The molecule has 0 amide bonds. The van der Waals surface area contributed by atoms with Crippen molar-refractivity contribution in [1.82, 2.24) is 0 Å². The summed E-state index contributed by atoms with van der Waals surface area (Å²) in [5.41, 5.74) is -0.254. The summed E-state index contributed by atoms with van der Waals surface area (Å²) < 4.78 is 6.13. The van der Waals surface area contributed by atoms with Gasteiger partial charge in [0.25, 0.3) is 0 Å². The lowest BCUT2D eigenvalue weighted by atomic mass is 9.90. The lowest BCUT2D eigenvalue weighted by molar-refractivity contribution is 0.0451. The minimum absolute atomic E-state index is 0.127. The SMILES string of the molecule is CCCCCCCCC(CC)(CC)Oc1cccc(O)c1O. The van der Waals surface area contributed by atoms with Crippen LogP contribution in [0, 0.1) is 0 Å². The molecule has 0 fully saturated rings. The van der Waals surface area contributed by atoms with E-state index in [1.165, 1.54) is 38.2 Å². The summed E-state index contributed by atoms with van der Waals surface area (Å²) in [6.45, 7) is 6.48. The molecular formula is C19H32O3. The Morgan fingerprint density at radius 3 is 2.18 bits per heavy atom. The molecule has 0 bridgehead atoms. The van der Waals surface area contributed by atoms with E-state index < -0.39 is 0 Å². The van der Waals surface area contributed by atoms with Gasteiger partial charge in [0.05, 0.1) is 0 Å². The van der Waals surface area contributed by atoms with Gasteiger partial charge in [0, 0.05) is 0 Å². The smallest absolute Gasteiger partial charge is 0.200 e. The van der Waals surface area contributed by atoms with Crippen LogP contribution in [0.5, 0.6) is 17.2 Å². The molecule has 3 heteroatoms. The highest BCUT2D eigenvalue weighted by Crippen LogP contribution is 2.39. The minimum atomic E-state index is -0.254. The highest BCUT2D eigenvalue weighted by Gasteiger charge is 2.29. The van der Waals surface area contributed by atoms with Gasteiger partial charge in [0.15, 0.2) is 11.5 Å². The Bertz CT molecular complexity index is 425. The van der Waals surface area contributed by atoms with Crippen molar-refractivity contribution >= 4 is 0 Å². The van der Waals surface area contributed by atoms with Crippen molar-refractivity contribution in [1.29, 1.82) is 0 Å². The fraction of sp³-hybridized carbons (Fsp3) is 0.684. The first-order valence-corrected chi connectivity index (χ1v) is 8.78. The first kappa shape index (κ1) is 18.7. The molecule has 0 saturated heterocycles. The average molecular weight is 308 g/mol. The summed E-state index contributed by atoms with van der Waals surface area (Å²) in [6, 6.07) is 4.89. The van der Waals surface area contributed by atoms with Crippen LogP contribution in [-0.4, -0.2) is 15.8 Å². The number of phenolic OH excluding ortho intramolecular Hbond substituents is 2. The predicted molar refractivity (Wildman–Crippen MR) is 91.7 cm³/mol. The van der Waals surface area contributed by atoms with E-state index in [0.29, 0.717) is 5.75 Å². The number of rotatable bonds is 11. The van der Waals surface area contributed by atoms with E-state index in [2.05, 4.69) is 20.8 Å². The van der Waals surface area contributed by atoms with Crippen molar-refractivity contribution < 1.29 is 14.9 Å². The number of hydrogen-bond donors (Lipinski definition) is 2. The van der Waals surface area contributed by atoms with Crippen LogP contribution in [0.2, 0.25) is 0 Å². The summed E-state index contributed by atoms with van der Waals surface area (Å²) in [4.78, 5) is 0. The molecule has 0 aliphatic rings. The van der Waals surface area contributed by atoms with E-state index in [1.807, 2.05) is 0 Å². The summed E-state index contributed by atoms with van der Waals surface area (Å²) in [5.74, 6) is 0.101. The number of phenols is 2. The summed E-state index contributed by atoms with van der Waals surface area (Å²) >= 11 is 0. The Labute approximate surface area is 135 Å². The van der Waals surface area contributed by atoms with Crippen LogP contribution in [0.3, 0.4) is 0 Å². The zero-order valence-electron chi connectivity index (χ0n) is 14.4. The molecule has 0 aliphatic heterocycles. The van der Waals surface area contributed by atoms with Crippen molar-refractivity contribution in [3.63, 3.8) is 0 Å². The van der Waals surface area contributed by atoms with Gasteiger partial charge in [0.2, 0.25) is 5.75 Å². The fourth-order valence-electron chi connectivity index (χ4n) is 2.85. The van der Waals surface area contributed by atoms with Gasteiger partial charge in [-0.05, 0) is 37.8 Å². The van der Waals surface area contributed by atoms with Gasteiger partial charge in [-0.3, -0.25) is 0 Å². The Kier molecular flexibility index (Phi) is 8.15. The quantitative estimate of drug-likeness (QED) is 0.402. The molecule has 0 radical (unpaired) electrons. The fourth-order valence-corrected chi connectivity index (χ4v) is 2.85. The second-order valence-corrected chi connectivity index (χ2v) is 6.13. The van der Waals surface area contributed by atoms with E-state index in [1.54, 1.807) is 12.1 Å². The van der Waals surface area contributed by atoms with E-state index in [9.17, 15) is 10.2 Å². The summed E-state index contributed by atoms with van der Waals surface area (Å²) in [6.07, 6.45) is 10.4. The molecule has 22 heavy (non-hydrogen) atoms. The summed E-state index contributed by atoms with van der Waals surface area (Å²) in [7, 11) is 0. The molecule has 0 spiro atoms. The Hall–Kier alpha value is -1.38. The van der Waals surface area contributed by atoms with E-state index >= 15 is 0 Å². The Morgan fingerprint density at radius 2 is 1.55 bits per heavy atom. The molecular weight excluding hydrogens is 276 g/mol. The molecule has 2 N–H and O–H groups in total. The van der Waals surface area contributed by atoms with Gasteiger partial charge < -0.3 is 14.9 Å². The lowest BCUT2D eigenvalue weighted by Crippen LogP contribution is -2.34. The Morgan fingerprint density at radius 1 is 0.909 bits per heavy atom. The topological polar surface area (TPSA) is 49.7 Å². The van der Waals surface area contributed by atoms with Crippen LogP contribution in [0.15, 0.2) is 18.2 Å². The van der Waals surface area contributed by atoms with Gasteiger partial charge in [-0.15, -0.1) is 0 Å². The van der Waals surface area contributed by atoms with E-state index in [0.717, 1.165) is 25.7 Å². The number of para-hydroxylation sites is 1. The summed E-state index contributed by atoms with van der Waals surface area (Å²) in [5, 5.41) is 19.6. The first-order chi connectivity index (χ1) is 10.6. The molecule has 1 aromatic carbocycles. The number of aromatic hydroxyl groups is 2. The second-order valence-electron chi connectivity index (χ2n) is 6.13.